The number of hydrogen-bond donors (Lipinski definition) is 1. The van der Waals surface area contributed by atoms with Gasteiger partial charge in [0.25, 0.3) is 0 Å². The molecule has 2 N–H and O–H groups in total. The Balaban J connectivity index is 2.48. The Morgan fingerprint density at radius 2 is 2.27 bits per heavy atom. The third-order valence-corrected chi connectivity index (χ3v) is 2.68. The summed E-state index contributed by atoms with van der Waals surface area (Å²) in [6.07, 6.45) is 9.93. The number of nitrogens with two attached hydrogens (primary N) is 1. The van der Waals surface area contributed by atoms with Gasteiger partial charge in [-0.3, -0.25) is 0 Å². The molecule has 1 aliphatic rings. The summed E-state index contributed by atoms with van der Waals surface area (Å²) >= 11 is 0. The Labute approximate surface area is 90.3 Å². The maximum atomic E-state index is 5.75. The zero-order valence-electron chi connectivity index (χ0n) is 8.75. The predicted molar refractivity (Wildman–Crippen MR) is 65.1 cm³/mol. The van der Waals surface area contributed by atoms with Crippen LogP contribution in [0.15, 0.2) is 35.9 Å². The lowest BCUT2D eigenvalue weighted by Gasteiger charge is -2.02. The minimum Gasteiger partial charge on any atom is -0.399 e. The molecule has 0 aromatic heterocycles. The number of fused-ring (bicyclic) bond motifs is 1. The molecule has 0 unspecified atom stereocenters. The van der Waals surface area contributed by atoms with E-state index in [2.05, 4.69) is 18.9 Å². The Hall–Kier alpha value is -1.94. The molecule has 2 rings (SSSR count). The van der Waals surface area contributed by atoms with E-state index in [-0.39, 0.29) is 0 Å². The summed E-state index contributed by atoms with van der Waals surface area (Å²) in [5, 5.41) is 0. The van der Waals surface area contributed by atoms with Crippen LogP contribution in [0.4, 0.5) is 5.69 Å². The number of anilines is 1. The van der Waals surface area contributed by atoms with Crippen molar-refractivity contribution < 1.29 is 0 Å². The van der Waals surface area contributed by atoms with E-state index >= 15 is 0 Å². The minimum atomic E-state index is 0.823. The summed E-state index contributed by atoms with van der Waals surface area (Å²) in [5.41, 5.74) is 11.7. The van der Waals surface area contributed by atoms with E-state index in [4.69, 9.17) is 12.2 Å². The van der Waals surface area contributed by atoms with E-state index in [1.165, 1.54) is 22.3 Å². The van der Waals surface area contributed by atoms with Gasteiger partial charge >= 0.3 is 0 Å². The number of nitrogen functional groups attached to an aromatic ring is 1. The summed E-state index contributed by atoms with van der Waals surface area (Å²) in [7, 11) is 0. The fourth-order valence-electron chi connectivity index (χ4n) is 2.00. The van der Waals surface area contributed by atoms with Gasteiger partial charge in [0.2, 0.25) is 0 Å². The molecule has 0 fully saturated rings. The van der Waals surface area contributed by atoms with E-state index in [1.807, 2.05) is 18.2 Å². The first-order chi connectivity index (χ1) is 7.22. The van der Waals surface area contributed by atoms with Crippen molar-refractivity contribution in [2.45, 2.75) is 13.3 Å². The fourth-order valence-corrected chi connectivity index (χ4v) is 2.00. The summed E-state index contributed by atoms with van der Waals surface area (Å²) in [5.74, 6) is 2.52. The fraction of sp³-hybridized carbons (Fsp3) is 0.143. The first-order valence-corrected chi connectivity index (χ1v) is 4.93. The molecule has 0 atom stereocenters. The van der Waals surface area contributed by atoms with Crippen LogP contribution in [0, 0.1) is 12.3 Å². The lowest BCUT2D eigenvalue weighted by Crippen LogP contribution is -1.89. The maximum absolute atomic E-state index is 5.75. The van der Waals surface area contributed by atoms with Crippen LogP contribution in [0.5, 0.6) is 0 Å². The number of terminal acetylenes is 1. The van der Waals surface area contributed by atoms with Crippen molar-refractivity contribution in [1.29, 1.82) is 0 Å². The largest absolute Gasteiger partial charge is 0.399 e. The van der Waals surface area contributed by atoms with E-state index in [9.17, 15) is 0 Å². The van der Waals surface area contributed by atoms with Crippen LogP contribution >= 0.6 is 0 Å². The van der Waals surface area contributed by atoms with E-state index in [0.717, 1.165) is 12.1 Å². The monoisotopic (exact) mass is 195 g/mol. The molecule has 0 bridgehead atoms. The first kappa shape index (κ1) is 9.61. The van der Waals surface area contributed by atoms with Crippen LogP contribution in [0.1, 0.15) is 18.1 Å². The Bertz CT molecular complexity index is 499. The van der Waals surface area contributed by atoms with Crippen LogP contribution < -0.4 is 5.73 Å². The zero-order valence-corrected chi connectivity index (χ0v) is 8.75. The lowest BCUT2D eigenvalue weighted by atomic mass is 10.0. The van der Waals surface area contributed by atoms with Gasteiger partial charge in [-0.15, -0.1) is 6.42 Å². The van der Waals surface area contributed by atoms with E-state index < -0.39 is 0 Å². The maximum Gasteiger partial charge on any atom is 0.0317 e. The molecule has 15 heavy (non-hydrogen) atoms. The van der Waals surface area contributed by atoms with Crippen molar-refractivity contribution in [2.24, 2.45) is 0 Å². The van der Waals surface area contributed by atoms with Crippen molar-refractivity contribution in [3.05, 3.63) is 47.1 Å². The molecule has 74 valence electrons. The highest BCUT2D eigenvalue weighted by Crippen LogP contribution is 2.34. The quantitative estimate of drug-likeness (QED) is 0.541. The normalized spacial score (nSPS) is 14.4. The minimum absolute atomic E-state index is 0.823. The Kier molecular flexibility index (Phi) is 2.35. The molecule has 1 nitrogen and oxygen atoms in total. The molecule has 0 saturated carbocycles. The molecule has 1 aromatic carbocycles. The van der Waals surface area contributed by atoms with Gasteiger partial charge in [-0.2, -0.15) is 0 Å². The smallest absolute Gasteiger partial charge is 0.0317 e. The summed E-state index contributed by atoms with van der Waals surface area (Å²) in [4.78, 5) is 0. The topological polar surface area (TPSA) is 26.0 Å². The summed E-state index contributed by atoms with van der Waals surface area (Å²) in [6.45, 7) is 2.13. The molecule has 0 saturated heterocycles. The lowest BCUT2D eigenvalue weighted by molar-refractivity contribution is 1.19. The zero-order chi connectivity index (χ0) is 10.8. The van der Waals surface area contributed by atoms with Crippen LogP contribution in [-0.2, 0) is 6.42 Å². The average Bonchev–Trinajstić information content (AvgIpc) is 2.50. The third-order valence-electron chi connectivity index (χ3n) is 2.68. The molecular formula is C14H13N. The van der Waals surface area contributed by atoms with Gasteiger partial charge in [0.1, 0.15) is 0 Å². The highest BCUT2D eigenvalue weighted by Gasteiger charge is 2.16. The van der Waals surface area contributed by atoms with Crippen molar-refractivity contribution in [3.8, 4) is 12.3 Å². The van der Waals surface area contributed by atoms with Crippen LogP contribution in [0.2, 0.25) is 0 Å². The first-order valence-electron chi connectivity index (χ1n) is 4.93. The molecule has 0 radical (unpaired) electrons. The highest BCUT2D eigenvalue weighted by molar-refractivity contribution is 5.83. The number of rotatable bonds is 1. The van der Waals surface area contributed by atoms with Gasteiger partial charge < -0.3 is 5.73 Å². The van der Waals surface area contributed by atoms with E-state index in [1.54, 1.807) is 6.08 Å². The second-order valence-electron chi connectivity index (χ2n) is 3.79. The molecule has 1 aliphatic carbocycles. The SMILES string of the molecule is C#C/C=C\C1=C(C)Cc2cc(N)ccc21. The van der Waals surface area contributed by atoms with Gasteiger partial charge in [-0.1, -0.05) is 17.6 Å². The summed E-state index contributed by atoms with van der Waals surface area (Å²) < 4.78 is 0. The van der Waals surface area contributed by atoms with Crippen molar-refractivity contribution in [1.82, 2.24) is 0 Å². The van der Waals surface area contributed by atoms with Gasteiger partial charge in [0.15, 0.2) is 0 Å². The van der Waals surface area contributed by atoms with Crippen molar-refractivity contribution >= 4 is 11.3 Å². The molecule has 0 spiro atoms. The Morgan fingerprint density at radius 3 is 3.00 bits per heavy atom. The van der Waals surface area contributed by atoms with Gasteiger partial charge in [-0.05, 0) is 54.3 Å². The summed E-state index contributed by atoms with van der Waals surface area (Å²) in [6, 6.07) is 6.04. The molecule has 1 heteroatoms. The highest BCUT2D eigenvalue weighted by atomic mass is 14.5. The molecule has 0 amide bonds. The number of benzene rings is 1. The van der Waals surface area contributed by atoms with Crippen LogP contribution in [0.3, 0.4) is 0 Å². The average molecular weight is 195 g/mol. The van der Waals surface area contributed by atoms with Gasteiger partial charge in [0.05, 0.1) is 0 Å². The molecule has 0 aliphatic heterocycles. The second kappa shape index (κ2) is 3.67. The van der Waals surface area contributed by atoms with Crippen LogP contribution in [0.25, 0.3) is 5.57 Å². The molecule has 0 heterocycles. The molecule has 1 aromatic rings. The predicted octanol–water partition coefficient (Wildman–Crippen LogP) is 2.79. The standard InChI is InChI=1S/C14H13N/c1-3-4-5-13-10(2)8-11-9-12(15)6-7-14(11)13/h1,4-7,9H,8,15H2,2H3/b5-4-. The number of allylic oxidation sites excluding steroid dienone is 4. The number of hydrogen-bond acceptors (Lipinski definition) is 1. The molecular weight excluding hydrogens is 182 g/mol. The van der Waals surface area contributed by atoms with Gasteiger partial charge in [-0.25, -0.2) is 0 Å². The second-order valence-corrected chi connectivity index (χ2v) is 3.79. The van der Waals surface area contributed by atoms with Crippen LogP contribution in [-0.4, -0.2) is 0 Å². The van der Waals surface area contributed by atoms with Gasteiger partial charge in [0, 0.05) is 5.69 Å². The van der Waals surface area contributed by atoms with E-state index in [0.29, 0.717) is 0 Å². The third kappa shape index (κ3) is 1.67. The Morgan fingerprint density at radius 1 is 1.47 bits per heavy atom. The van der Waals surface area contributed by atoms with Crippen molar-refractivity contribution in [3.63, 3.8) is 0 Å². The van der Waals surface area contributed by atoms with Crippen molar-refractivity contribution in [2.75, 3.05) is 5.73 Å².